The second-order valence-corrected chi connectivity index (χ2v) is 7.17. The minimum atomic E-state index is -0.338. The summed E-state index contributed by atoms with van der Waals surface area (Å²) >= 11 is 1.50. The summed E-state index contributed by atoms with van der Waals surface area (Å²) in [6.45, 7) is 4.76. The van der Waals surface area contributed by atoms with E-state index in [1.54, 1.807) is 37.5 Å². The van der Waals surface area contributed by atoms with Gasteiger partial charge in [0.2, 0.25) is 0 Å². The molecule has 1 aromatic carbocycles. The van der Waals surface area contributed by atoms with Gasteiger partial charge in [0, 0.05) is 17.0 Å². The van der Waals surface area contributed by atoms with Gasteiger partial charge in [-0.3, -0.25) is 9.59 Å². The van der Waals surface area contributed by atoms with Crippen LogP contribution in [0.2, 0.25) is 0 Å². The fourth-order valence-electron chi connectivity index (χ4n) is 2.18. The number of amides is 2. The Kier molecular flexibility index (Phi) is 7.41. The second kappa shape index (κ2) is 9.77. The van der Waals surface area contributed by atoms with Gasteiger partial charge in [0.1, 0.15) is 11.4 Å². The first kappa shape index (κ1) is 19.7. The first-order valence-corrected chi connectivity index (χ1v) is 9.36. The average Bonchev–Trinajstić information content (AvgIpc) is 3.14. The van der Waals surface area contributed by atoms with Gasteiger partial charge < -0.3 is 15.4 Å². The fraction of sp³-hybridized carbons (Fsp3) is 0.300. The molecule has 0 spiro atoms. The van der Waals surface area contributed by atoms with Gasteiger partial charge in [0.05, 0.1) is 7.11 Å². The van der Waals surface area contributed by atoms with Gasteiger partial charge in [-0.1, -0.05) is 19.9 Å². The van der Waals surface area contributed by atoms with E-state index in [1.165, 1.54) is 11.3 Å². The molecular weight excluding hydrogens is 348 g/mol. The molecule has 2 aromatic rings. The summed E-state index contributed by atoms with van der Waals surface area (Å²) in [4.78, 5) is 25.9. The number of hydrogen-bond donors (Lipinski definition) is 2. The topological polar surface area (TPSA) is 67.4 Å². The van der Waals surface area contributed by atoms with E-state index >= 15 is 0 Å². The van der Waals surface area contributed by atoms with E-state index in [9.17, 15) is 9.59 Å². The first-order chi connectivity index (χ1) is 12.5. The molecule has 0 unspecified atom stereocenters. The number of rotatable bonds is 8. The van der Waals surface area contributed by atoms with Crippen molar-refractivity contribution in [3.05, 3.63) is 57.9 Å². The number of hydrogen-bond acceptors (Lipinski definition) is 4. The number of methoxy groups -OCH3 is 1. The zero-order chi connectivity index (χ0) is 18.9. The molecule has 0 saturated carbocycles. The number of ether oxygens (including phenoxy) is 1. The summed E-state index contributed by atoms with van der Waals surface area (Å²) in [6, 6.07) is 10.5. The number of thiophene rings is 1. The van der Waals surface area contributed by atoms with E-state index in [-0.39, 0.29) is 17.5 Å². The molecular formula is C20H24N2O3S. The van der Waals surface area contributed by atoms with Gasteiger partial charge in [-0.15, -0.1) is 11.3 Å². The summed E-state index contributed by atoms with van der Waals surface area (Å²) < 4.78 is 5.10. The molecule has 0 aliphatic rings. The molecule has 2 amide bonds. The Morgan fingerprint density at radius 2 is 1.92 bits per heavy atom. The van der Waals surface area contributed by atoms with E-state index in [2.05, 4.69) is 24.5 Å². The van der Waals surface area contributed by atoms with Crippen LogP contribution in [-0.4, -0.2) is 25.5 Å². The molecule has 2 N–H and O–H groups in total. The molecule has 0 saturated heterocycles. The van der Waals surface area contributed by atoms with Gasteiger partial charge >= 0.3 is 0 Å². The van der Waals surface area contributed by atoms with Crippen molar-refractivity contribution in [2.75, 3.05) is 13.7 Å². The van der Waals surface area contributed by atoms with Crippen LogP contribution in [0.1, 0.15) is 35.5 Å². The maximum absolute atomic E-state index is 12.5. The van der Waals surface area contributed by atoms with Crippen molar-refractivity contribution >= 4 is 29.2 Å². The van der Waals surface area contributed by atoms with E-state index in [4.69, 9.17) is 4.74 Å². The smallest absolute Gasteiger partial charge is 0.267 e. The van der Waals surface area contributed by atoms with Crippen LogP contribution in [-0.2, 0) is 4.79 Å². The molecule has 0 bridgehead atoms. The van der Waals surface area contributed by atoms with Crippen LogP contribution in [0, 0.1) is 5.92 Å². The van der Waals surface area contributed by atoms with Crippen LogP contribution in [0.4, 0.5) is 0 Å². The normalized spacial score (nSPS) is 11.3. The molecule has 1 aromatic heterocycles. The highest BCUT2D eigenvalue weighted by Gasteiger charge is 2.15. The number of benzene rings is 1. The molecule has 5 nitrogen and oxygen atoms in total. The molecule has 0 aliphatic carbocycles. The zero-order valence-corrected chi connectivity index (χ0v) is 16.1. The van der Waals surface area contributed by atoms with Crippen LogP contribution < -0.4 is 15.4 Å². The first-order valence-electron chi connectivity index (χ1n) is 8.48. The minimum absolute atomic E-state index is 0.233. The molecule has 1 heterocycles. The minimum Gasteiger partial charge on any atom is -0.497 e. The summed E-state index contributed by atoms with van der Waals surface area (Å²) in [5.74, 6) is 0.534. The second-order valence-electron chi connectivity index (χ2n) is 6.19. The Labute approximate surface area is 158 Å². The summed E-state index contributed by atoms with van der Waals surface area (Å²) in [7, 11) is 1.57. The van der Waals surface area contributed by atoms with Crippen LogP contribution >= 0.6 is 11.3 Å². The van der Waals surface area contributed by atoms with Gasteiger partial charge in [0.15, 0.2) is 0 Å². The predicted molar refractivity (Wildman–Crippen MR) is 105 cm³/mol. The Hall–Kier alpha value is -2.60. The third-order valence-electron chi connectivity index (χ3n) is 3.68. The highest BCUT2D eigenvalue weighted by molar-refractivity contribution is 7.10. The SMILES string of the molecule is COc1ccc(C(=O)N/C(=C\c2cccs2)C(=O)NCCC(C)C)cc1. The molecule has 2 rings (SSSR count). The number of nitrogens with one attached hydrogen (secondary N) is 2. The van der Waals surface area contributed by atoms with E-state index < -0.39 is 0 Å². The van der Waals surface area contributed by atoms with Crippen LogP contribution in [0.3, 0.4) is 0 Å². The van der Waals surface area contributed by atoms with Crippen molar-refractivity contribution in [3.63, 3.8) is 0 Å². The fourth-order valence-corrected chi connectivity index (χ4v) is 2.84. The van der Waals surface area contributed by atoms with Crippen LogP contribution in [0.25, 0.3) is 6.08 Å². The van der Waals surface area contributed by atoms with Gasteiger partial charge in [-0.05, 0) is 54.1 Å². The summed E-state index contributed by atoms with van der Waals surface area (Å²) in [5, 5.41) is 7.51. The largest absolute Gasteiger partial charge is 0.497 e. The summed E-state index contributed by atoms with van der Waals surface area (Å²) in [5.41, 5.74) is 0.690. The van der Waals surface area contributed by atoms with E-state index in [0.29, 0.717) is 23.8 Å². The van der Waals surface area contributed by atoms with Crippen LogP contribution in [0.5, 0.6) is 5.75 Å². The Morgan fingerprint density at radius 1 is 1.19 bits per heavy atom. The molecule has 26 heavy (non-hydrogen) atoms. The lowest BCUT2D eigenvalue weighted by Gasteiger charge is -2.12. The predicted octanol–water partition coefficient (Wildman–Crippen LogP) is 3.69. The van der Waals surface area contributed by atoms with Gasteiger partial charge in [-0.2, -0.15) is 0 Å². The third kappa shape index (κ3) is 6.04. The third-order valence-corrected chi connectivity index (χ3v) is 4.50. The maximum atomic E-state index is 12.5. The molecule has 0 radical (unpaired) electrons. The molecule has 0 aliphatic heterocycles. The van der Waals surface area contributed by atoms with E-state index in [0.717, 1.165) is 11.3 Å². The van der Waals surface area contributed by atoms with Gasteiger partial charge in [-0.25, -0.2) is 0 Å². The van der Waals surface area contributed by atoms with Crippen molar-refractivity contribution in [1.29, 1.82) is 0 Å². The Balaban J connectivity index is 2.12. The molecule has 6 heteroatoms. The highest BCUT2D eigenvalue weighted by Crippen LogP contribution is 2.14. The Bertz CT molecular complexity index is 750. The van der Waals surface area contributed by atoms with E-state index in [1.807, 2.05) is 17.5 Å². The van der Waals surface area contributed by atoms with Crippen molar-refractivity contribution in [2.45, 2.75) is 20.3 Å². The standard InChI is InChI=1S/C20H24N2O3S/c1-14(2)10-11-21-20(24)18(13-17-5-4-12-26-17)22-19(23)15-6-8-16(25-3)9-7-15/h4-9,12-14H,10-11H2,1-3H3,(H,21,24)(H,22,23)/b18-13-. The maximum Gasteiger partial charge on any atom is 0.267 e. The zero-order valence-electron chi connectivity index (χ0n) is 15.2. The van der Waals surface area contributed by atoms with Gasteiger partial charge in [0.25, 0.3) is 11.8 Å². The quantitative estimate of drug-likeness (QED) is 0.695. The number of carbonyl (C=O) groups is 2. The lowest BCUT2D eigenvalue weighted by molar-refractivity contribution is -0.117. The van der Waals surface area contributed by atoms with Crippen molar-refractivity contribution < 1.29 is 14.3 Å². The van der Waals surface area contributed by atoms with Crippen molar-refractivity contribution in [2.24, 2.45) is 5.92 Å². The van der Waals surface area contributed by atoms with Crippen molar-refractivity contribution in [1.82, 2.24) is 10.6 Å². The molecule has 0 fully saturated rings. The monoisotopic (exact) mass is 372 g/mol. The molecule has 138 valence electrons. The lowest BCUT2D eigenvalue weighted by atomic mass is 10.1. The van der Waals surface area contributed by atoms with Crippen molar-refractivity contribution in [3.8, 4) is 5.75 Å². The molecule has 0 atom stereocenters. The number of carbonyl (C=O) groups excluding carboxylic acids is 2. The Morgan fingerprint density at radius 3 is 2.50 bits per heavy atom. The average molecular weight is 372 g/mol. The highest BCUT2D eigenvalue weighted by atomic mass is 32.1. The summed E-state index contributed by atoms with van der Waals surface area (Å²) in [6.07, 6.45) is 2.57. The lowest BCUT2D eigenvalue weighted by Crippen LogP contribution is -2.35. The van der Waals surface area contributed by atoms with Crippen LogP contribution in [0.15, 0.2) is 47.5 Å².